The van der Waals surface area contributed by atoms with Crippen molar-refractivity contribution < 1.29 is 4.79 Å². The average molecular weight is 368 g/mol. The van der Waals surface area contributed by atoms with Gasteiger partial charge in [0, 0.05) is 18.6 Å². The highest BCUT2D eigenvalue weighted by Crippen LogP contribution is 2.27. The maximum absolute atomic E-state index is 11.9. The summed E-state index contributed by atoms with van der Waals surface area (Å²) in [5.41, 5.74) is 0.0555. The second-order valence-corrected chi connectivity index (χ2v) is 7.53. The summed E-state index contributed by atoms with van der Waals surface area (Å²) in [4.78, 5) is 14.5. The molecule has 1 aliphatic carbocycles. The van der Waals surface area contributed by atoms with Crippen LogP contribution in [0.2, 0.25) is 0 Å². The molecule has 0 radical (unpaired) electrons. The lowest BCUT2D eigenvalue weighted by molar-refractivity contribution is -0.120. The molecule has 0 aromatic rings. The van der Waals surface area contributed by atoms with Crippen LogP contribution in [0.15, 0.2) is 0 Å². The van der Waals surface area contributed by atoms with E-state index in [9.17, 15) is 4.79 Å². The van der Waals surface area contributed by atoms with E-state index in [0.717, 1.165) is 24.9 Å². The van der Waals surface area contributed by atoms with Crippen molar-refractivity contribution >= 4 is 30.7 Å². The Balaban J connectivity index is 0.00000242. The zero-order chi connectivity index (χ0) is 15.3. The smallest absolute Gasteiger partial charge is 0.234 e. The molecule has 1 saturated carbocycles. The number of hydrogen-bond acceptors (Lipinski definition) is 3. The number of carbonyl (C=O) groups excluding carboxylic acids is 1. The first kappa shape index (κ1) is 23.0. The Bertz CT molecular complexity index is 349. The van der Waals surface area contributed by atoms with Crippen LogP contribution in [0.1, 0.15) is 52.9 Å². The summed E-state index contributed by atoms with van der Waals surface area (Å²) in [6.45, 7) is 11.3. The maximum atomic E-state index is 11.9. The molecule has 1 saturated heterocycles. The SMILES string of the molecule is CCC1CCCN(C(C)(C)CNC(=O)CNCC2CC2)C1.Cl.Cl. The zero-order valence-electron chi connectivity index (χ0n) is 14.9. The Hall–Kier alpha value is -0.0300. The molecule has 2 rings (SSSR count). The molecule has 1 amide bonds. The van der Waals surface area contributed by atoms with Gasteiger partial charge in [-0.3, -0.25) is 9.69 Å². The van der Waals surface area contributed by atoms with Crippen molar-refractivity contribution in [2.45, 2.75) is 58.4 Å². The van der Waals surface area contributed by atoms with Crippen LogP contribution in [-0.2, 0) is 4.79 Å². The van der Waals surface area contributed by atoms with Crippen LogP contribution in [0.25, 0.3) is 0 Å². The van der Waals surface area contributed by atoms with Gasteiger partial charge in [-0.2, -0.15) is 0 Å². The van der Waals surface area contributed by atoms with Gasteiger partial charge >= 0.3 is 0 Å². The van der Waals surface area contributed by atoms with Crippen molar-refractivity contribution in [3.05, 3.63) is 0 Å². The number of halogens is 2. The van der Waals surface area contributed by atoms with Crippen molar-refractivity contribution in [2.75, 3.05) is 32.7 Å². The van der Waals surface area contributed by atoms with E-state index in [1.807, 2.05) is 0 Å². The molecule has 23 heavy (non-hydrogen) atoms. The van der Waals surface area contributed by atoms with Crippen LogP contribution in [-0.4, -0.2) is 49.1 Å². The van der Waals surface area contributed by atoms with E-state index in [0.29, 0.717) is 6.54 Å². The molecule has 2 fully saturated rings. The fourth-order valence-corrected chi connectivity index (χ4v) is 3.15. The number of amides is 1. The van der Waals surface area contributed by atoms with Gasteiger partial charge in [0.25, 0.3) is 0 Å². The lowest BCUT2D eigenvalue weighted by atomic mass is 9.91. The monoisotopic (exact) mass is 367 g/mol. The minimum absolute atomic E-state index is 0. The van der Waals surface area contributed by atoms with E-state index in [1.165, 1.54) is 45.2 Å². The Morgan fingerprint density at radius 3 is 2.48 bits per heavy atom. The number of nitrogens with zero attached hydrogens (tertiary/aromatic N) is 1. The summed E-state index contributed by atoms with van der Waals surface area (Å²) < 4.78 is 0. The van der Waals surface area contributed by atoms with E-state index in [2.05, 4.69) is 36.3 Å². The van der Waals surface area contributed by atoms with Gasteiger partial charge in [0.15, 0.2) is 0 Å². The van der Waals surface area contributed by atoms with Crippen molar-refractivity contribution in [1.29, 1.82) is 0 Å². The number of carbonyl (C=O) groups is 1. The minimum Gasteiger partial charge on any atom is -0.353 e. The molecule has 1 aliphatic heterocycles. The minimum atomic E-state index is 0. The largest absolute Gasteiger partial charge is 0.353 e. The first-order valence-corrected chi connectivity index (χ1v) is 8.73. The Kier molecular flexibility index (Phi) is 10.7. The lowest BCUT2D eigenvalue weighted by Crippen LogP contribution is -2.55. The highest BCUT2D eigenvalue weighted by Gasteiger charge is 2.31. The lowest BCUT2D eigenvalue weighted by Gasteiger charge is -2.43. The van der Waals surface area contributed by atoms with Gasteiger partial charge in [-0.1, -0.05) is 13.3 Å². The van der Waals surface area contributed by atoms with Crippen LogP contribution in [0.3, 0.4) is 0 Å². The molecule has 2 aliphatic rings. The molecule has 1 heterocycles. The van der Waals surface area contributed by atoms with E-state index >= 15 is 0 Å². The van der Waals surface area contributed by atoms with Gasteiger partial charge in [0.05, 0.1) is 6.54 Å². The fourth-order valence-electron chi connectivity index (χ4n) is 3.15. The number of nitrogens with one attached hydrogen (secondary N) is 2. The van der Waals surface area contributed by atoms with Gasteiger partial charge < -0.3 is 10.6 Å². The molecular weight excluding hydrogens is 333 g/mol. The van der Waals surface area contributed by atoms with Gasteiger partial charge in [0.1, 0.15) is 0 Å². The van der Waals surface area contributed by atoms with E-state index in [4.69, 9.17) is 0 Å². The maximum Gasteiger partial charge on any atom is 0.234 e. The Morgan fingerprint density at radius 1 is 1.17 bits per heavy atom. The number of rotatable bonds is 8. The predicted octanol–water partition coefficient (Wildman–Crippen LogP) is 2.85. The molecule has 0 bridgehead atoms. The second kappa shape index (κ2) is 10.8. The highest BCUT2D eigenvalue weighted by atomic mass is 35.5. The topological polar surface area (TPSA) is 44.4 Å². The summed E-state index contributed by atoms with van der Waals surface area (Å²) in [7, 11) is 0. The van der Waals surface area contributed by atoms with E-state index in [-0.39, 0.29) is 36.3 Å². The summed E-state index contributed by atoms with van der Waals surface area (Å²) in [6.07, 6.45) is 6.58. The average Bonchev–Trinajstić information content (AvgIpc) is 3.29. The van der Waals surface area contributed by atoms with Crippen molar-refractivity contribution in [3.63, 3.8) is 0 Å². The predicted molar refractivity (Wildman–Crippen MR) is 102 cm³/mol. The molecule has 0 aromatic carbocycles. The van der Waals surface area contributed by atoms with Gasteiger partial charge in [-0.15, -0.1) is 24.8 Å². The standard InChI is InChI=1S/C17H33N3O.2ClH/c1-4-14-6-5-9-20(12-14)17(2,3)13-19-16(21)11-18-10-15-7-8-15;;/h14-15,18H,4-13H2,1-3H3,(H,19,21);2*1H. The normalized spacial score (nSPS) is 22.0. The van der Waals surface area contributed by atoms with Crippen molar-refractivity contribution in [1.82, 2.24) is 15.5 Å². The van der Waals surface area contributed by atoms with E-state index < -0.39 is 0 Å². The van der Waals surface area contributed by atoms with Gasteiger partial charge in [-0.05, 0) is 64.5 Å². The van der Waals surface area contributed by atoms with Crippen molar-refractivity contribution in [3.8, 4) is 0 Å². The molecule has 1 atom stereocenters. The highest BCUT2D eigenvalue weighted by molar-refractivity contribution is 5.85. The molecule has 6 heteroatoms. The first-order chi connectivity index (χ1) is 10.0. The molecule has 2 N–H and O–H groups in total. The third-order valence-corrected chi connectivity index (χ3v) is 5.09. The molecule has 138 valence electrons. The molecule has 1 unspecified atom stereocenters. The number of hydrogen-bond donors (Lipinski definition) is 2. The summed E-state index contributed by atoms with van der Waals surface area (Å²) >= 11 is 0. The van der Waals surface area contributed by atoms with Gasteiger partial charge in [-0.25, -0.2) is 0 Å². The number of likely N-dealkylation sites (tertiary alicyclic amines) is 1. The molecular formula is C17H35Cl2N3O. The zero-order valence-corrected chi connectivity index (χ0v) is 16.5. The molecule has 4 nitrogen and oxygen atoms in total. The first-order valence-electron chi connectivity index (χ1n) is 8.73. The third-order valence-electron chi connectivity index (χ3n) is 5.09. The van der Waals surface area contributed by atoms with Crippen LogP contribution in [0.5, 0.6) is 0 Å². The van der Waals surface area contributed by atoms with Crippen LogP contribution < -0.4 is 10.6 Å². The number of piperidine rings is 1. The van der Waals surface area contributed by atoms with Crippen molar-refractivity contribution in [2.24, 2.45) is 11.8 Å². The summed E-state index contributed by atoms with van der Waals surface area (Å²) in [6, 6.07) is 0. The van der Waals surface area contributed by atoms with Crippen LogP contribution in [0.4, 0.5) is 0 Å². The molecule has 0 aromatic heterocycles. The van der Waals surface area contributed by atoms with Crippen LogP contribution >= 0.6 is 24.8 Å². The third kappa shape index (κ3) is 8.06. The Labute approximate surface area is 154 Å². The second-order valence-electron chi connectivity index (χ2n) is 7.53. The van der Waals surface area contributed by atoms with Gasteiger partial charge in [0.2, 0.25) is 5.91 Å². The molecule has 0 spiro atoms. The Morgan fingerprint density at radius 2 is 1.87 bits per heavy atom. The summed E-state index contributed by atoms with van der Waals surface area (Å²) in [5.74, 6) is 1.79. The fraction of sp³-hybridized carbons (Fsp3) is 0.941. The summed E-state index contributed by atoms with van der Waals surface area (Å²) in [5, 5.41) is 6.36. The quantitative estimate of drug-likeness (QED) is 0.693. The van der Waals surface area contributed by atoms with E-state index in [1.54, 1.807) is 0 Å². The van der Waals surface area contributed by atoms with Crippen LogP contribution in [0, 0.1) is 11.8 Å².